The zero-order chi connectivity index (χ0) is 16.8. The number of ether oxygens (including phenoxy) is 2. The molecule has 1 aromatic carbocycles. The van der Waals surface area contributed by atoms with E-state index in [1.807, 2.05) is 28.1 Å². The van der Waals surface area contributed by atoms with Crippen LogP contribution in [0.2, 0.25) is 0 Å². The second kappa shape index (κ2) is 8.86. The van der Waals surface area contributed by atoms with E-state index in [1.54, 1.807) is 13.2 Å². The van der Waals surface area contributed by atoms with E-state index >= 15 is 0 Å². The van der Waals surface area contributed by atoms with Gasteiger partial charge in [0.05, 0.1) is 13.7 Å². The Bertz CT molecular complexity index is 558. The minimum Gasteiger partial charge on any atom is -0.496 e. The molecule has 7 heteroatoms. The average Bonchev–Trinajstić information content (AvgIpc) is 2.55. The summed E-state index contributed by atoms with van der Waals surface area (Å²) in [6.07, 6.45) is 5.99. The zero-order valence-electron chi connectivity index (χ0n) is 13.3. The van der Waals surface area contributed by atoms with Gasteiger partial charge >= 0.3 is 5.97 Å². The molecule has 1 fully saturated rings. The van der Waals surface area contributed by atoms with Crippen LogP contribution < -0.4 is 13.7 Å². The van der Waals surface area contributed by atoms with Crippen molar-refractivity contribution in [1.82, 2.24) is 0 Å². The largest absolute Gasteiger partial charge is 0.496 e. The first-order valence-electron chi connectivity index (χ1n) is 7.61. The topological polar surface area (TPSA) is 65.0 Å². The lowest BCUT2D eigenvalue weighted by Crippen LogP contribution is -2.17. The Labute approximate surface area is 152 Å². The first-order chi connectivity index (χ1) is 11.1. The SMILES string of the molecule is COc1cc(OSI)c(C(=O)O)c(OCC2CCCCC2)c1C. The molecule has 0 aromatic heterocycles. The lowest BCUT2D eigenvalue weighted by Gasteiger charge is -2.23. The summed E-state index contributed by atoms with van der Waals surface area (Å²) in [7, 11) is 2.61. The van der Waals surface area contributed by atoms with Crippen molar-refractivity contribution in [2.45, 2.75) is 39.0 Å². The monoisotopic (exact) mass is 452 g/mol. The van der Waals surface area contributed by atoms with Gasteiger partial charge < -0.3 is 18.8 Å². The van der Waals surface area contributed by atoms with Crippen molar-refractivity contribution in [1.29, 1.82) is 0 Å². The number of hydrogen-bond acceptors (Lipinski definition) is 5. The number of carboxylic acid groups (broad SMARTS) is 1. The Hall–Kier alpha value is -0.830. The molecule has 1 N–H and O–H groups in total. The van der Waals surface area contributed by atoms with Crippen LogP contribution in [0.15, 0.2) is 6.07 Å². The van der Waals surface area contributed by atoms with E-state index in [9.17, 15) is 9.90 Å². The van der Waals surface area contributed by atoms with E-state index in [2.05, 4.69) is 0 Å². The number of methoxy groups -OCH3 is 1. The molecule has 0 bridgehead atoms. The van der Waals surface area contributed by atoms with Crippen LogP contribution in [-0.2, 0) is 0 Å². The third-order valence-corrected chi connectivity index (χ3v) is 4.97. The summed E-state index contributed by atoms with van der Waals surface area (Å²) in [5.74, 6) is 0.587. The van der Waals surface area contributed by atoms with Crippen LogP contribution in [0.5, 0.6) is 17.2 Å². The molecule has 1 aliphatic carbocycles. The fourth-order valence-corrected chi connectivity index (χ4v) is 3.74. The lowest BCUT2D eigenvalue weighted by atomic mass is 9.90. The van der Waals surface area contributed by atoms with Crippen molar-refractivity contribution in [2.75, 3.05) is 13.7 Å². The maximum Gasteiger partial charge on any atom is 0.343 e. The highest BCUT2D eigenvalue weighted by atomic mass is 127. The number of rotatable bonds is 7. The number of halogens is 1. The molecular formula is C16H21IO5S. The number of carbonyl (C=O) groups is 1. The lowest BCUT2D eigenvalue weighted by molar-refractivity contribution is 0.0688. The van der Waals surface area contributed by atoms with Gasteiger partial charge in [-0.25, -0.2) is 4.79 Å². The molecule has 0 heterocycles. The van der Waals surface area contributed by atoms with Gasteiger partial charge in [-0.1, -0.05) is 19.3 Å². The van der Waals surface area contributed by atoms with Crippen LogP contribution in [-0.4, -0.2) is 24.8 Å². The molecule has 23 heavy (non-hydrogen) atoms. The van der Waals surface area contributed by atoms with Crippen LogP contribution in [0.25, 0.3) is 0 Å². The molecule has 0 radical (unpaired) electrons. The summed E-state index contributed by atoms with van der Waals surface area (Å²) in [6, 6.07) is 1.60. The molecule has 0 aliphatic heterocycles. The van der Waals surface area contributed by atoms with Gasteiger partial charge in [-0.15, -0.1) is 0 Å². The van der Waals surface area contributed by atoms with Crippen molar-refractivity contribution >= 4 is 36.4 Å². The van der Waals surface area contributed by atoms with Crippen LogP contribution in [0, 0.1) is 12.8 Å². The predicted octanol–water partition coefficient (Wildman–Crippen LogP) is 5.04. The fourth-order valence-electron chi connectivity index (χ4n) is 2.96. The smallest absolute Gasteiger partial charge is 0.343 e. The molecule has 0 unspecified atom stereocenters. The maximum atomic E-state index is 11.7. The summed E-state index contributed by atoms with van der Waals surface area (Å²) >= 11 is 1.95. The molecule has 1 saturated carbocycles. The summed E-state index contributed by atoms with van der Waals surface area (Å²) in [4.78, 5) is 11.7. The van der Waals surface area contributed by atoms with E-state index in [0.29, 0.717) is 29.6 Å². The van der Waals surface area contributed by atoms with Gasteiger partial charge in [-0.2, -0.15) is 0 Å². The predicted molar refractivity (Wildman–Crippen MR) is 99.0 cm³/mol. The third-order valence-electron chi connectivity index (χ3n) is 4.19. The van der Waals surface area contributed by atoms with Crippen molar-refractivity contribution in [3.8, 4) is 17.2 Å². The van der Waals surface area contributed by atoms with Crippen molar-refractivity contribution in [2.24, 2.45) is 5.92 Å². The maximum absolute atomic E-state index is 11.7. The van der Waals surface area contributed by atoms with Gasteiger partial charge in [0, 0.05) is 32.8 Å². The molecule has 2 rings (SSSR count). The highest BCUT2D eigenvalue weighted by molar-refractivity contribution is 14.2. The highest BCUT2D eigenvalue weighted by Gasteiger charge is 2.25. The van der Waals surface area contributed by atoms with Gasteiger partial charge in [0.1, 0.15) is 26.3 Å². The van der Waals surface area contributed by atoms with E-state index in [1.165, 1.54) is 19.3 Å². The summed E-state index contributed by atoms with van der Waals surface area (Å²) in [6.45, 7) is 2.34. The molecular weight excluding hydrogens is 431 g/mol. The molecule has 0 saturated heterocycles. The van der Waals surface area contributed by atoms with Crippen LogP contribution in [0.4, 0.5) is 0 Å². The van der Waals surface area contributed by atoms with E-state index in [-0.39, 0.29) is 11.3 Å². The standard InChI is InChI=1S/C16H21IO5S/c1-10-12(20-2)8-13(22-23-17)14(16(18)19)15(10)21-9-11-6-4-3-5-7-11/h8,11H,3-7,9H2,1-2H3,(H,18,19). The first kappa shape index (κ1) is 18.5. The van der Waals surface area contributed by atoms with Gasteiger partial charge in [-0.05, 0) is 25.7 Å². The normalized spacial score (nSPS) is 15.3. The number of benzene rings is 1. The molecule has 1 aliphatic rings. The second-order valence-electron chi connectivity index (χ2n) is 5.67. The fraction of sp³-hybridized carbons (Fsp3) is 0.562. The number of carboxylic acids is 1. The average molecular weight is 452 g/mol. The molecule has 5 nitrogen and oxygen atoms in total. The minimum atomic E-state index is -1.06. The Morgan fingerprint density at radius 1 is 1.35 bits per heavy atom. The summed E-state index contributed by atoms with van der Waals surface area (Å²) in [5, 5.41) is 9.59. The quantitative estimate of drug-likeness (QED) is 0.462. The molecule has 0 atom stereocenters. The van der Waals surface area contributed by atoms with E-state index in [0.717, 1.165) is 22.1 Å². The van der Waals surface area contributed by atoms with Crippen LogP contribution in [0.3, 0.4) is 0 Å². The molecule has 0 spiro atoms. The van der Waals surface area contributed by atoms with Crippen LogP contribution >= 0.6 is 30.4 Å². The Balaban J connectivity index is 2.33. The Kier molecular flexibility index (Phi) is 7.13. The number of aromatic carboxylic acids is 1. The van der Waals surface area contributed by atoms with Gasteiger partial charge in [0.15, 0.2) is 5.75 Å². The molecule has 0 amide bonds. The van der Waals surface area contributed by atoms with E-state index in [4.69, 9.17) is 13.7 Å². The Morgan fingerprint density at radius 2 is 2.04 bits per heavy atom. The number of hydrogen-bond donors (Lipinski definition) is 1. The first-order valence-corrected chi connectivity index (χ1v) is 10.9. The second-order valence-corrected chi connectivity index (χ2v) is 7.04. The van der Waals surface area contributed by atoms with Crippen molar-refractivity contribution in [3.63, 3.8) is 0 Å². The Morgan fingerprint density at radius 3 is 2.61 bits per heavy atom. The zero-order valence-corrected chi connectivity index (χ0v) is 16.2. The van der Waals surface area contributed by atoms with E-state index < -0.39 is 5.97 Å². The van der Waals surface area contributed by atoms with Gasteiger partial charge in [0.2, 0.25) is 0 Å². The summed E-state index contributed by atoms with van der Waals surface area (Å²) in [5.41, 5.74) is 0.745. The molecule has 1 aromatic rings. The highest BCUT2D eigenvalue weighted by Crippen LogP contribution is 2.41. The third kappa shape index (κ3) is 4.59. The summed E-state index contributed by atoms with van der Waals surface area (Å²) < 4.78 is 16.7. The van der Waals surface area contributed by atoms with Crippen LogP contribution in [0.1, 0.15) is 48.0 Å². The van der Waals surface area contributed by atoms with Gasteiger partial charge in [0.25, 0.3) is 0 Å². The van der Waals surface area contributed by atoms with Crippen molar-refractivity contribution in [3.05, 3.63) is 17.2 Å². The minimum absolute atomic E-state index is 0.0586. The molecule has 128 valence electrons. The van der Waals surface area contributed by atoms with Crippen molar-refractivity contribution < 1.29 is 23.6 Å². The van der Waals surface area contributed by atoms with Gasteiger partial charge in [-0.3, -0.25) is 0 Å².